The molecule has 0 aromatic carbocycles. The predicted octanol–water partition coefficient (Wildman–Crippen LogP) is 5.13. The smallest absolute Gasteiger partial charge is 0.253 e. The van der Waals surface area contributed by atoms with Gasteiger partial charge in [0.15, 0.2) is 0 Å². The first-order chi connectivity index (χ1) is 9.71. The Labute approximate surface area is 126 Å². The molecule has 0 aliphatic rings. The number of allylic oxidation sites excluding steroid dienone is 3. The number of nitrogens with zero attached hydrogens (tertiary/aromatic N) is 1. The van der Waals surface area contributed by atoms with Crippen LogP contribution >= 0.6 is 0 Å². The molecule has 0 saturated heterocycles. The van der Waals surface area contributed by atoms with Crippen molar-refractivity contribution in [1.29, 1.82) is 0 Å². The van der Waals surface area contributed by atoms with E-state index in [1.54, 1.807) is 6.08 Å². The molecule has 0 atom stereocenters. The molecule has 0 heterocycles. The number of hydrogen-bond acceptors (Lipinski definition) is 1. The summed E-state index contributed by atoms with van der Waals surface area (Å²) in [6.45, 7) is 15.6. The highest BCUT2D eigenvalue weighted by Gasteiger charge is 2.14. The van der Waals surface area contributed by atoms with Crippen LogP contribution in [0.5, 0.6) is 0 Å². The van der Waals surface area contributed by atoms with Crippen LogP contribution in [0.2, 0.25) is 0 Å². The molecule has 0 spiro atoms. The number of carbonyl (C=O) groups excluding carboxylic acids is 1. The highest BCUT2D eigenvalue weighted by atomic mass is 16.2. The Bertz CT molecular complexity index is 303. The van der Waals surface area contributed by atoms with Crippen molar-refractivity contribution in [1.82, 2.24) is 4.90 Å². The fourth-order valence-electron chi connectivity index (χ4n) is 1.73. The number of unbranched alkanes of at least 4 members (excludes halogenated alkanes) is 1. The molecule has 0 N–H and O–H groups in total. The molecule has 20 heavy (non-hydrogen) atoms. The normalized spacial score (nSPS) is 10.9. The lowest BCUT2D eigenvalue weighted by Gasteiger charge is -2.22. The molecular weight excluding hydrogens is 246 g/mol. The minimum absolute atomic E-state index is 0.144. The first kappa shape index (κ1) is 21.0. The lowest BCUT2D eigenvalue weighted by Crippen LogP contribution is -2.33. The van der Waals surface area contributed by atoms with E-state index in [0.29, 0.717) is 0 Å². The van der Waals surface area contributed by atoms with Crippen LogP contribution in [-0.4, -0.2) is 23.9 Å². The molecule has 0 unspecified atom stereocenters. The third-order valence-electron chi connectivity index (χ3n) is 2.65. The molecule has 116 valence electrons. The summed E-state index contributed by atoms with van der Waals surface area (Å²) in [5, 5.41) is 0. The van der Waals surface area contributed by atoms with Crippen molar-refractivity contribution in [2.75, 3.05) is 13.1 Å². The average molecular weight is 279 g/mol. The fourth-order valence-corrected chi connectivity index (χ4v) is 1.73. The van der Waals surface area contributed by atoms with E-state index in [1.165, 1.54) is 0 Å². The summed E-state index contributed by atoms with van der Waals surface area (Å²) in [4.78, 5) is 14.4. The molecule has 0 aromatic rings. The van der Waals surface area contributed by atoms with E-state index in [1.807, 2.05) is 43.9 Å². The Morgan fingerprint density at radius 2 is 1.75 bits per heavy atom. The van der Waals surface area contributed by atoms with Crippen LogP contribution in [-0.2, 0) is 4.79 Å². The fraction of sp³-hybridized carbons (Fsp3) is 0.611. The minimum Gasteiger partial charge on any atom is -0.339 e. The van der Waals surface area contributed by atoms with Gasteiger partial charge in [-0.1, -0.05) is 65.8 Å². The van der Waals surface area contributed by atoms with Crippen molar-refractivity contribution in [3.63, 3.8) is 0 Å². The first-order valence-corrected chi connectivity index (χ1v) is 7.99. The van der Waals surface area contributed by atoms with Crippen LogP contribution in [0.15, 0.2) is 36.5 Å². The van der Waals surface area contributed by atoms with Crippen molar-refractivity contribution >= 4 is 5.91 Å². The molecule has 0 aromatic heterocycles. The zero-order valence-corrected chi connectivity index (χ0v) is 14.1. The Hall–Kier alpha value is -1.31. The summed E-state index contributed by atoms with van der Waals surface area (Å²) in [6, 6.07) is 0. The second-order valence-corrected chi connectivity index (χ2v) is 4.31. The summed E-state index contributed by atoms with van der Waals surface area (Å²) in [5.74, 6) is 0.144. The Kier molecular flexibility index (Phi) is 16.5. The molecular formula is C18H33NO. The van der Waals surface area contributed by atoms with E-state index >= 15 is 0 Å². The Balaban J connectivity index is 0. The molecule has 0 fully saturated rings. The van der Waals surface area contributed by atoms with Gasteiger partial charge in [0.05, 0.1) is 0 Å². The summed E-state index contributed by atoms with van der Waals surface area (Å²) >= 11 is 0. The van der Waals surface area contributed by atoms with Crippen LogP contribution in [0, 0.1) is 0 Å². The van der Waals surface area contributed by atoms with Gasteiger partial charge in [-0.05, 0) is 25.3 Å². The largest absolute Gasteiger partial charge is 0.339 e. The van der Waals surface area contributed by atoms with Crippen molar-refractivity contribution < 1.29 is 4.79 Å². The quantitative estimate of drug-likeness (QED) is 0.423. The summed E-state index contributed by atoms with van der Waals surface area (Å²) < 4.78 is 0. The number of carbonyl (C=O) groups is 1. The van der Waals surface area contributed by atoms with Crippen molar-refractivity contribution in [3.05, 3.63) is 36.5 Å². The topological polar surface area (TPSA) is 20.3 Å². The third-order valence-corrected chi connectivity index (χ3v) is 2.65. The van der Waals surface area contributed by atoms with Gasteiger partial charge < -0.3 is 4.90 Å². The van der Waals surface area contributed by atoms with Crippen LogP contribution in [0.1, 0.15) is 60.3 Å². The van der Waals surface area contributed by atoms with E-state index in [0.717, 1.165) is 44.3 Å². The number of rotatable bonds is 9. The summed E-state index contributed by atoms with van der Waals surface area (Å²) in [7, 11) is 0. The predicted molar refractivity (Wildman–Crippen MR) is 90.8 cm³/mol. The minimum atomic E-state index is 0.144. The Morgan fingerprint density at radius 1 is 1.10 bits per heavy atom. The van der Waals surface area contributed by atoms with Crippen LogP contribution in [0.25, 0.3) is 0 Å². The second kappa shape index (κ2) is 15.7. The number of hydrogen-bond donors (Lipinski definition) is 0. The molecule has 0 aliphatic carbocycles. The summed E-state index contributed by atoms with van der Waals surface area (Å²) in [5.41, 5.74) is 0.780. The molecule has 0 saturated carbocycles. The maximum Gasteiger partial charge on any atom is 0.253 e. The first-order valence-electron chi connectivity index (χ1n) is 7.99. The van der Waals surface area contributed by atoms with Gasteiger partial charge in [-0.2, -0.15) is 0 Å². The lowest BCUT2D eigenvalue weighted by atomic mass is 10.1. The summed E-state index contributed by atoms with van der Waals surface area (Å²) in [6.07, 6.45) is 11.4. The molecule has 0 bridgehead atoms. The SMILES string of the molecule is C=C/C=C\C(=C/CC)C(=O)N(CCC)CCCC.CC. The van der Waals surface area contributed by atoms with E-state index in [4.69, 9.17) is 0 Å². The van der Waals surface area contributed by atoms with Crippen molar-refractivity contribution in [2.45, 2.75) is 60.3 Å². The molecule has 0 radical (unpaired) electrons. The zero-order chi connectivity index (χ0) is 15.8. The van der Waals surface area contributed by atoms with Gasteiger partial charge in [0.2, 0.25) is 0 Å². The standard InChI is InChI=1S/C16H27NO.C2H6/c1-5-9-12-15(11-7-3)16(18)17(13-8-4)14-10-6-2;1-2/h5,9,11-12H,1,6-8,10,13-14H2,2-4H3;1-2H3/b12-9-,15-11+;. The van der Waals surface area contributed by atoms with Crippen molar-refractivity contribution in [3.8, 4) is 0 Å². The van der Waals surface area contributed by atoms with Gasteiger partial charge in [0.25, 0.3) is 5.91 Å². The molecule has 1 amide bonds. The van der Waals surface area contributed by atoms with Gasteiger partial charge in [0, 0.05) is 18.7 Å². The third kappa shape index (κ3) is 9.60. The van der Waals surface area contributed by atoms with Gasteiger partial charge in [-0.15, -0.1) is 0 Å². The van der Waals surface area contributed by atoms with Gasteiger partial charge >= 0.3 is 0 Å². The maximum atomic E-state index is 12.4. The van der Waals surface area contributed by atoms with Crippen molar-refractivity contribution in [2.24, 2.45) is 0 Å². The monoisotopic (exact) mass is 279 g/mol. The van der Waals surface area contributed by atoms with Crippen LogP contribution in [0.3, 0.4) is 0 Å². The molecule has 2 nitrogen and oxygen atoms in total. The van der Waals surface area contributed by atoms with E-state index in [2.05, 4.69) is 20.4 Å². The maximum absolute atomic E-state index is 12.4. The van der Waals surface area contributed by atoms with Gasteiger partial charge in [0.1, 0.15) is 0 Å². The number of amides is 1. The second-order valence-electron chi connectivity index (χ2n) is 4.31. The van der Waals surface area contributed by atoms with E-state index < -0.39 is 0 Å². The van der Waals surface area contributed by atoms with Gasteiger partial charge in [-0.25, -0.2) is 0 Å². The lowest BCUT2D eigenvalue weighted by molar-refractivity contribution is -0.126. The Morgan fingerprint density at radius 3 is 2.20 bits per heavy atom. The van der Waals surface area contributed by atoms with Crippen LogP contribution < -0.4 is 0 Å². The zero-order valence-electron chi connectivity index (χ0n) is 14.1. The molecule has 2 heteroatoms. The highest BCUT2D eigenvalue weighted by molar-refractivity contribution is 5.96. The van der Waals surface area contributed by atoms with Crippen LogP contribution in [0.4, 0.5) is 0 Å². The average Bonchev–Trinajstić information content (AvgIpc) is 2.49. The molecule has 0 aliphatic heterocycles. The highest BCUT2D eigenvalue weighted by Crippen LogP contribution is 2.08. The van der Waals surface area contributed by atoms with E-state index in [9.17, 15) is 4.79 Å². The van der Waals surface area contributed by atoms with E-state index in [-0.39, 0.29) is 5.91 Å². The van der Waals surface area contributed by atoms with Gasteiger partial charge in [-0.3, -0.25) is 4.79 Å². The molecule has 0 rings (SSSR count).